The van der Waals surface area contributed by atoms with Crippen molar-refractivity contribution in [3.63, 3.8) is 0 Å². The van der Waals surface area contributed by atoms with Gasteiger partial charge in [-0.05, 0) is 103 Å². The fourth-order valence-corrected chi connectivity index (χ4v) is 6.10. The molecule has 0 spiro atoms. The predicted octanol–water partition coefficient (Wildman–Crippen LogP) is 7.51. The number of rotatable bonds is 12. The molecule has 2 heterocycles. The summed E-state index contributed by atoms with van der Waals surface area (Å²) in [6.07, 6.45) is 2.39. The standard InChI is InChI=1S/C38H36F5N3O4/c1-6-24-16-26(35-22(4)14-27(39)15-23(35)5)17-29(36(24)40)31(19-34(48)49)45-37(50)32(13-21(2)3)46-20-25(10-11-28-9-7-8-12-44-28)30(18-33(46)47)38(41,42)43/h1,7-9,12,14-18,20-21,31-32H,10-11,13,19H2,2-5H3,(H,45,50)(H,48,49)/t31-,32+/m1/s1. The Balaban J connectivity index is 1.81. The fraction of sp³-hybridized carbons (Fsp3) is 0.316. The second kappa shape index (κ2) is 15.5. The molecular weight excluding hydrogens is 657 g/mol. The van der Waals surface area contributed by atoms with Gasteiger partial charge in [0.25, 0.3) is 5.56 Å². The van der Waals surface area contributed by atoms with E-state index < -0.39 is 59.3 Å². The average molecular weight is 694 g/mol. The summed E-state index contributed by atoms with van der Waals surface area (Å²) in [6, 6.07) is 7.79. The van der Waals surface area contributed by atoms with E-state index in [1.54, 1.807) is 45.9 Å². The molecular formula is C38H36F5N3O4. The molecule has 0 aliphatic carbocycles. The minimum absolute atomic E-state index is 0.0251. The molecule has 0 saturated heterocycles. The molecule has 0 aliphatic rings. The summed E-state index contributed by atoms with van der Waals surface area (Å²) in [4.78, 5) is 43.5. The van der Waals surface area contributed by atoms with Crippen LogP contribution >= 0.6 is 0 Å². The van der Waals surface area contributed by atoms with Gasteiger partial charge in [-0.3, -0.25) is 19.4 Å². The highest BCUT2D eigenvalue weighted by atomic mass is 19.4. The number of aromatic nitrogens is 2. The molecule has 0 aliphatic heterocycles. The Morgan fingerprint density at radius 1 is 1.04 bits per heavy atom. The van der Waals surface area contributed by atoms with E-state index in [1.807, 2.05) is 0 Å². The third-order valence-corrected chi connectivity index (χ3v) is 8.29. The van der Waals surface area contributed by atoms with Gasteiger partial charge in [0, 0.05) is 29.7 Å². The number of alkyl halides is 3. The Morgan fingerprint density at radius 2 is 1.72 bits per heavy atom. The highest BCUT2D eigenvalue weighted by Gasteiger charge is 2.36. The van der Waals surface area contributed by atoms with E-state index in [1.165, 1.54) is 30.5 Å². The second-order valence-electron chi connectivity index (χ2n) is 12.6. The molecule has 7 nitrogen and oxygen atoms in total. The maximum absolute atomic E-state index is 15.9. The first kappa shape index (κ1) is 37.5. The number of hydrogen-bond donors (Lipinski definition) is 2. The third-order valence-electron chi connectivity index (χ3n) is 8.29. The van der Waals surface area contributed by atoms with E-state index in [0.717, 1.165) is 10.8 Å². The number of nitrogens with one attached hydrogen (secondary N) is 1. The zero-order chi connectivity index (χ0) is 36.9. The minimum Gasteiger partial charge on any atom is -0.481 e. The molecule has 2 atom stereocenters. The van der Waals surface area contributed by atoms with Gasteiger partial charge in [-0.1, -0.05) is 25.8 Å². The van der Waals surface area contributed by atoms with Gasteiger partial charge in [-0.15, -0.1) is 6.42 Å². The Labute approximate surface area is 286 Å². The number of hydrogen-bond acceptors (Lipinski definition) is 4. The Kier molecular flexibility index (Phi) is 11.6. The summed E-state index contributed by atoms with van der Waals surface area (Å²) in [5, 5.41) is 12.3. The largest absolute Gasteiger partial charge is 0.481 e. The fourth-order valence-electron chi connectivity index (χ4n) is 6.10. The number of pyridine rings is 2. The van der Waals surface area contributed by atoms with Gasteiger partial charge >= 0.3 is 12.1 Å². The van der Waals surface area contributed by atoms with Gasteiger partial charge < -0.3 is 15.0 Å². The van der Waals surface area contributed by atoms with Crippen molar-refractivity contribution in [1.82, 2.24) is 14.9 Å². The molecule has 50 heavy (non-hydrogen) atoms. The third kappa shape index (κ3) is 8.83. The van der Waals surface area contributed by atoms with Crippen molar-refractivity contribution in [3.8, 4) is 23.5 Å². The van der Waals surface area contributed by atoms with E-state index in [4.69, 9.17) is 6.42 Å². The van der Waals surface area contributed by atoms with Crippen LogP contribution in [0, 0.1) is 43.7 Å². The second-order valence-corrected chi connectivity index (χ2v) is 12.6. The van der Waals surface area contributed by atoms with Crippen molar-refractivity contribution >= 4 is 11.9 Å². The number of carbonyl (C=O) groups is 2. The smallest absolute Gasteiger partial charge is 0.416 e. The van der Waals surface area contributed by atoms with Crippen LogP contribution in [0.4, 0.5) is 22.0 Å². The number of aliphatic carboxylic acids is 1. The summed E-state index contributed by atoms with van der Waals surface area (Å²) < 4.78 is 73.2. The summed E-state index contributed by atoms with van der Waals surface area (Å²) >= 11 is 0. The lowest BCUT2D eigenvalue weighted by molar-refractivity contribution is -0.139. The summed E-state index contributed by atoms with van der Waals surface area (Å²) in [6.45, 7) is 6.76. The quantitative estimate of drug-likeness (QED) is 0.118. The van der Waals surface area contributed by atoms with Crippen molar-refractivity contribution in [2.75, 3.05) is 0 Å². The van der Waals surface area contributed by atoms with Gasteiger partial charge in [0.2, 0.25) is 5.91 Å². The van der Waals surface area contributed by atoms with Gasteiger partial charge in [-0.25, -0.2) is 8.78 Å². The van der Waals surface area contributed by atoms with E-state index in [0.29, 0.717) is 34.0 Å². The SMILES string of the molecule is C#Cc1cc(-c2c(C)cc(F)cc2C)cc([C@@H](CC(=O)O)NC(=O)[C@H](CC(C)C)n2cc(CCc3ccccn3)c(C(F)(F)F)cc2=O)c1F. The highest BCUT2D eigenvalue weighted by Crippen LogP contribution is 2.35. The number of nitrogens with zero attached hydrogens (tertiary/aromatic N) is 2. The number of aryl methyl sites for hydroxylation is 4. The van der Waals surface area contributed by atoms with Crippen LogP contribution in [0.25, 0.3) is 11.1 Å². The van der Waals surface area contributed by atoms with Crippen molar-refractivity contribution in [2.24, 2.45) is 5.92 Å². The lowest BCUT2D eigenvalue weighted by Gasteiger charge is -2.27. The molecule has 0 bridgehead atoms. The normalized spacial score (nSPS) is 12.7. The zero-order valence-electron chi connectivity index (χ0n) is 27.9. The number of halogens is 5. The molecule has 2 aromatic heterocycles. The summed E-state index contributed by atoms with van der Waals surface area (Å²) in [5.74, 6) is -1.80. The molecule has 262 valence electrons. The van der Waals surface area contributed by atoms with E-state index in [2.05, 4.69) is 16.2 Å². The average Bonchev–Trinajstić information content (AvgIpc) is 3.02. The number of benzene rings is 2. The molecule has 4 aromatic rings. The molecule has 1 amide bonds. The summed E-state index contributed by atoms with van der Waals surface area (Å²) in [7, 11) is 0. The Morgan fingerprint density at radius 3 is 2.28 bits per heavy atom. The molecule has 4 rings (SSSR count). The first-order chi connectivity index (χ1) is 23.5. The van der Waals surface area contributed by atoms with Crippen molar-refractivity contribution in [2.45, 2.75) is 71.6 Å². The van der Waals surface area contributed by atoms with Crippen LogP contribution < -0.4 is 10.9 Å². The van der Waals surface area contributed by atoms with Crippen LogP contribution in [-0.4, -0.2) is 26.5 Å². The minimum atomic E-state index is -4.86. The van der Waals surface area contributed by atoms with Gasteiger partial charge in [0.05, 0.1) is 23.6 Å². The number of carboxylic acid groups (broad SMARTS) is 1. The monoisotopic (exact) mass is 693 g/mol. The van der Waals surface area contributed by atoms with Crippen LogP contribution in [0.2, 0.25) is 0 Å². The van der Waals surface area contributed by atoms with E-state index in [9.17, 15) is 37.1 Å². The first-order valence-corrected chi connectivity index (χ1v) is 15.8. The molecule has 0 fully saturated rings. The van der Waals surface area contributed by atoms with Crippen LogP contribution in [-0.2, 0) is 28.6 Å². The van der Waals surface area contributed by atoms with E-state index in [-0.39, 0.29) is 41.9 Å². The maximum Gasteiger partial charge on any atom is 0.416 e. The molecule has 12 heteroatoms. The number of terminal acetylenes is 1. The van der Waals surface area contributed by atoms with Gasteiger partial charge in [0.1, 0.15) is 17.7 Å². The highest BCUT2D eigenvalue weighted by molar-refractivity contribution is 5.82. The number of carboxylic acids is 1. The van der Waals surface area contributed by atoms with Gasteiger partial charge in [0.15, 0.2) is 0 Å². The van der Waals surface area contributed by atoms with Crippen molar-refractivity contribution < 1.29 is 36.6 Å². The molecule has 2 N–H and O–H groups in total. The maximum atomic E-state index is 15.9. The molecule has 0 saturated carbocycles. The first-order valence-electron chi connectivity index (χ1n) is 15.8. The topological polar surface area (TPSA) is 101 Å². The molecule has 2 aromatic carbocycles. The van der Waals surface area contributed by atoms with Crippen molar-refractivity contribution in [3.05, 3.63) is 122 Å². The van der Waals surface area contributed by atoms with E-state index >= 15 is 4.39 Å². The van der Waals surface area contributed by atoms with Crippen molar-refractivity contribution in [1.29, 1.82) is 0 Å². The zero-order valence-corrected chi connectivity index (χ0v) is 27.9. The lowest BCUT2D eigenvalue weighted by Crippen LogP contribution is -2.40. The lowest BCUT2D eigenvalue weighted by atomic mass is 9.90. The van der Waals surface area contributed by atoms with Crippen LogP contribution in [0.3, 0.4) is 0 Å². The van der Waals surface area contributed by atoms with Crippen LogP contribution in [0.15, 0.2) is 65.7 Å². The predicted molar refractivity (Wildman–Crippen MR) is 178 cm³/mol. The van der Waals surface area contributed by atoms with Crippen LogP contribution in [0.1, 0.15) is 77.8 Å². The summed E-state index contributed by atoms with van der Waals surface area (Å²) in [5.41, 5.74) is -0.593. The number of carbonyl (C=O) groups excluding carboxylic acids is 1. The molecule has 0 unspecified atom stereocenters. The Bertz CT molecular complexity index is 1980. The Hall–Kier alpha value is -5.31. The van der Waals surface area contributed by atoms with Crippen LogP contribution in [0.5, 0.6) is 0 Å². The van der Waals surface area contributed by atoms with Gasteiger partial charge in [-0.2, -0.15) is 13.2 Å². The molecule has 0 radical (unpaired) electrons. The number of amides is 1.